The third kappa shape index (κ3) is 1.98. The van der Waals surface area contributed by atoms with Crippen molar-refractivity contribution < 1.29 is 24.4 Å². The number of aliphatic hydroxyl groups is 3. The number of hydrogen-bond acceptors (Lipinski definition) is 6. The molecule has 2 heterocycles. The predicted molar refractivity (Wildman–Crippen MR) is 66.7 cm³/mol. The summed E-state index contributed by atoms with van der Waals surface area (Å²) in [5, 5.41) is 29.0. The van der Waals surface area contributed by atoms with Crippen LogP contribution in [0.25, 0.3) is 0 Å². The number of terminal acetylenes is 1. The fourth-order valence-electron chi connectivity index (χ4n) is 1.96. The van der Waals surface area contributed by atoms with Crippen molar-refractivity contribution in [3.8, 4) is 12.3 Å². The zero-order valence-electron chi connectivity index (χ0n) is 9.99. The molecule has 0 amide bonds. The van der Waals surface area contributed by atoms with Gasteiger partial charge in [0.05, 0.1) is 0 Å². The number of aromatic nitrogens is 2. The second-order valence-corrected chi connectivity index (χ2v) is 4.69. The number of aromatic amines is 1. The topological polar surface area (TPSA) is 108 Å². The van der Waals surface area contributed by atoms with E-state index >= 15 is 0 Å². The predicted octanol–water partition coefficient (Wildman–Crippen LogP) is -1.18. The number of halogens is 1. The van der Waals surface area contributed by atoms with Crippen LogP contribution < -0.4 is 5.56 Å². The van der Waals surface area contributed by atoms with Gasteiger partial charge in [0.1, 0.15) is 6.61 Å². The van der Waals surface area contributed by atoms with E-state index < -0.39 is 36.0 Å². The first-order valence-electron chi connectivity index (χ1n) is 5.46. The minimum Gasteiger partial charge on any atom is -0.390 e. The van der Waals surface area contributed by atoms with Gasteiger partial charge in [0, 0.05) is 12.3 Å². The Labute approximate surface area is 117 Å². The summed E-state index contributed by atoms with van der Waals surface area (Å²) in [4.78, 5) is 13.3. The lowest BCUT2D eigenvalue weighted by Gasteiger charge is -2.26. The largest absolute Gasteiger partial charge is 0.390 e. The van der Waals surface area contributed by atoms with Gasteiger partial charge in [0.25, 0.3) is 11.4 Å². The Hall–Kier alpha value is -1.57. The first-order chi connectivity index (χ1) is 9.28. The molecule has 0 spiro atoms. The molecular formula is C11H11FN2O5S. The molecule has 1 aromatic heterocycles. The van der Waals surface area contributed by atoms with Gasteiger partial charge in [-0.2, -0.15) is 0 Å². The highest BCUT2D eigenvalue weighted by molar-refractivity contribution is 7.71. The molecule has 2 rings (SSSR count). The highest BCUT2D eigenvalue weighted by atomic mass is 32.1. The standard InChI is InChI=1S/C11H11FN2O5S/c1-2-10(18)7(17)11(12,5-15)19-8(10)14-4-3-6(16)13-9(14)20/h1,3-4,7-8,15,17-18H,5H2,(H,13,16,20)/t7?,8-,10-,11-/m1/s1. The quantitative estimate of drug-likeness (QED) is 0.404. The Morgan fingerprint density at radius 1 is 1.70 bits per heavy atom. The van der Waals surface area contributed by atoms with Crippen LogP contribution in [-0.4, -0.2) is 49.0 Å². The lowest BCUT2D eigenvalue weighted by atomic mass is 9.94. The summed E-state index contributed by atoms with van der Waals surface area (Å²) in [5.41, 5.74) is -2.98. The van der Waals surface area contributed by atoms with Crippen molar-refractivity contribution in [1.82, 2.24) is 9.55 Å². The Kier molecular flexibility index (Phi) is 3.53. The molecule has 0 radical (unpaired) electrons. The van der Waals surface area contributed by atoms with Crippen LogP contribution >= 0.6 is 12.2 Å². The summed E-state index contributed by atoms with van der Waals surface area (Å²) in [5.74, 6) is -1.11. The molecule has 1 aliphatic rings. The van der Waals surface area contributed by atoms with Crippen LogP contribution in [0.2, 0.25) is 0 Å². The molecular weight excluding hydrogens is 291 g/mol. The molecule has 4 atom stereocenters. The van der Waals surface area contributed by atoms with Crippen molar-refractivity contribution in [2.24, 2.45) is 0 Å². The van der Waals surface area contributed by atoms with E-state index in [1.54, 1.807) is 0 Å². The fourth-order valence-corrected chi connectivity index (χ4v) is 2.22. The molecule has 108 valence electrons. The third-order valence-corrected chi connectivity index (χ3v) is 3.37. The van der Waals surface area contributed by atoms with E-state index in [2.05, 4.69) is 4.98 Å². The zero-order chi connectivity index (χ0) is 15.1. The average Bonchev–Trinajstić information content (AvgIpc) is 2.62. The van der Waals surface area contributed by atoms with Crippen LogP contribution in [0, 0.1) is 17.1 Å². The van der Waals surface area contributed by atoms with Crippen LogP contribution in [0.1, 0.15) is 6.23 Å². The van der Waals surface area contributed by atoms with Gasteiger partial charge in [-0.15, -0.1) is 6.42 Å². The van der Waals surface area contributed by atoms with Crippen molar-refractivity contribution >= 4 is 12.2 Å². The SMILES string of the molecule is C#C[C@@]1(O)C(O)[C@@](F)(CO)O[C@H]1n1ccc(=O)[nH]c1=S. The van der Waals surface area contributed by atoms with Crippen molar-refractivity contribution in [2.75, 3.05) is 6.61 Å². The molecule has 9 heteroatoms. The minimum atomic E-state index is -2.95. The smallest absolute Gasteiger partial charge is 0.264 e. The van der Waals surface area contributed by atoms with Gasteiger partial charge in [0.2, 0.25) is 5.60 Å². The number of rotatable bonds is 2. The normalized spacial score (nSPS) is 36.8. The van der Waals surface area contributed by atoms with E-state index in [9.17, 15) is 19.4 Å². The van der Waals surface area contributed by atoms with Gasteiger partial charge in [-0.25, -0.2) is 4.39 Å². The van der Waals surface area contributed by atoms with Crippen molar-refractivity contribution in [3.05, 3.63) is 27.4 Å². The summed E-state index contributed by atoms with van der Waals surface area (Å²) in [6.07, 6.45) is 2.47. The summed E-state index contributed by atoms with van der Waals surface area (Å²) in [7, 11) is 0. The number of hydrogen-bond donors (Lipinski definition) is 4. The van der Waals surface area contributed by atoms with Gasteiger partial charge in [-0.05, 0) is 12.2 Å². The number of H-pyrrole nitrogens is 1. The maximum Gasteiger partial charge on any atom is 0.264 e. The Bertz CT molecular complexity index is 682. The molecule has 1 aromatic rings. The van der Waals surface area contributed by atoms with Gasteiger partial charge >= 0.3 is 0 Å². The third-order valence-electron chi connectivity index (χ3n) is 3.06. The summed E-state index contributed by atoms with van der Waals surface area (Å²) >= 11 is 4.86. The number of aliphatic hydroxyl groups excluding tert-OH is 2. The van der Waals surface area contributed by atoms with E-state index in [1.165, 1.54) is 0 Å². The van der Waals surface area contributed by atoms with E-state index in [-0.39, 0.29) is 4.77 Å². The lowest BCUT2D eigenvalue weighted by molar-refractivity contribution is -0.207. The number of nitrogens with one attached hydrogen (secondary N) is 1. The van der Waals surface area contributed by atoms with E-state index in [4.69, 9.17) is 28.5 Å². The lowest BCUT2D eigenvalue weighted by Crippen LogP contribution is -2.50. The molecule has 20 heavy (non-hydrogen) atoms. The molecule has 1 aliphatic heterocycles. The summed E-state index contributed by atoms with van der Waals surface area (Å²) in [6.45, 7) is -1.22. The van der Waals surface area contributed by atoms with Crippen LogP contribution in [0.3, 0.4) is 0 Å². The Morgan fingerprint density at radius 3 is 2.85 bits per heavy atom. The first kappa shape index (κ1) is 14.8. The molecule has 0 aliphatic carbocycles. The molecule has 4 N–H and O–H groups in total. The van der Waals surface area contributed by atoms with E-state index in [1.807, 2.05) is 5.92 Å². The summed E-state index contributed by atoms with van der Waals surface area (Å²) in [6, 6.07) is 1.06. The highest BCUT2D eigenvalue weighted by Gasteiger charge is 2.64. The van der Waals surface area contributed by atoms with Gasteiger partial charge in [-0.3, -0.25) is 14.3 Å². The number of ether oxygens (including phenoxy) is 1. The van der Waals surface area contributed by atoms with Gasteiger partial charge in [0.15, 0.2) is 17.1 Å². The Morgan fingerprint density at radius 2 is 2.35 bits per heavy atom. The maximum atomic E-state index is 14.2. The number of nitrogens with zero attached hydrogens (tertiary/aromatic N) is 1. The van der Waals surface area contributed by atoms with Crippen molar-refractivity contribution in [3.63, 3.8) is 0 Å². The van der Waals surface area contributed by atoms with Crippen LogP contribution in [0.5, 0.6) is 0 Å². The molecule has 0 aromatic carbocycles. The second-order valence-electron chi connectivity index (χ2n) is 4.30. The molecule has 0 bridgehead atoms. The maximum absolute atomic E-state index is 14.2. The fraction of sp³-hybridized carbons (Fsp3) is 0.455. The second kappa shape index (κ2) is 4.76. The van der Waals surface area contributed by atoms with Gasteiger partial charge < -0.3 is 20.1 Å². The minimum absolute atomic E-state index is 0.189. The molecule has 7 nitrogen and oxygen atoms in total. The molecule has 1 unspecified atom stereocenters. The van der Waals surface area contributed by atoms with Crippen molar-refractivity contribution in [1.29, 1.82) is 0 Å². The molecule has 0 saturated carbocycles. The number of alkyl halides is 1. The van der Waals surface area contributed by atoms with Crippen LogP contribution in [-0.2, 0) is 4.74 Å². The van der Waals surface area contributed by atoms with E-state index in [0.717, 1.165) is 16.8 Å². The van der Waals surface area contributed by atoms with Crippen LogP contribution in [0.15, 0.2) is 17.1 Å². The average molecular weight is 302 g/mol. The summed E-state index contributed by atoms with van der Waals surface area (Å²) < 4.78 is 19.8. The zero-order valence-corrected chi connectivity index (χ0v) is 10.8. The van der Waals surface area contributed by atoms with E-state index in [0.29, 0.717) is 0 Å². The highest BCUT2D eigenvalue weighted by Crippen LogP contribution is 2.44. The first-order valence-corrected chi connectivity index (χ1v) is 5.86. The molecule has 1 fully saturated rings. The Balaban J connectivity index is 2.59. The molecule has 1 saturated heterocycles. The van der Waals surface area contributed by atoms with Gasteiger partial charge in [-0.1, -0.05) is 5.92 Å². The van der Waals surface area contributed by atoms with Crippen LogP contribution in [0.4, 0.5) is 4.39 Å². The monoisotopic (exact) mass is 302 g/mol. The van der Waals surface area contributed by atoms with Crippen molar-refractivity contribution in [2.45, 2.75) is 23.8 Å².